The summed E-state index contributed by atoms with van der Waals surface area (Å²) in [5.41, 5.74) is 0. The Morgan fingerprint density at radius 1 is 1.25 bits per heavy atom. The van der Waals surface area contributed by atoms with Crippen LogP contribution in [0.4, 0.5) is 4.79 Å². The van der Waals surface area contributed by atoms with Crippen LogP contribution in [0.2, 0.25) is 0 Å². The molecule has 3 rings (SSSR count). The minimum absolute atomic E-state index is 0.155. The van der Waals surface area contributed by atoms with Crippen LogP contribution < -0.4 is 10.6 Å². The highest BCUT2D eigenvalue weighted by molar-refractivity contribution is 5.79. The number of likely N-dealkylation sites (tertiary alicyclic amines) is 1. The van der Waals surface area contributed by atoms with Crippen molar-refractivity contribution in [2.75, 3.05) is 26.2 Å². The molecule has 2 aliphatic heterocycles. The van der Waals surface area contributed by atoms with Crippen molar-refractivity contribution in [1.82, 2.24) is 15.5 Å². The molecule has 2 atom stereocenters. The second kappa shape index (κ2) is 5.99. The molecule has 0 aromatic rings. The van der Waals surface area contributed by atoms with Crippen LogP contribution in [0.15, 0.2) is 0 Å². The van der Waals surface area contributed by atoms with Gasteiger partial charge in [0.2, 0.25) is 5.91 Å². The Morgan fingerprint density at radius 3 is 2.75 bits per heavy atom. The Hall–Kier alpha value is -1.30. The zero-order chi connectivity index (χ0) is 13.9. The molecule has 0 aromatic heterocycles. The minimum atomic E-state index is -0.155. The van der Waals surface area contributed by atoms with Gasteiger partial charge in [-0.05, 0) is 25.7 Å². The van der Waals surface area contributed by atoms with Crippen molar-refractivity contribution >= 4 is 11.9 Å². The van der Waals surface area contributed by atoms with Crippen molar-refractivity contribution in [2.45, 2.75) is 44.2 Å². The van der Waals surface area contributed by atoms with E-state index in [1.54, 1.807) is 0 Å². The van der Waals surface area contributed by atoms with Gasteiger partial charge in [0.1, 0.15) is 0 Å². The van der Waals surface area contributed by atoms with Crippen molar-refractivity contribution in [2.24, 2.45) is 5.92 Å². The van der Waals surface area contributed by atoms with Crippen molar-refractivity contribution in [3.05, 3.63) is 0 Å². The van der Waals surface area contributed by atoms with Crippen molar-refractivity contribution in [3.63, 3.8) is 0 Å². The molecule has 0 aromatic carbocycles. The van der Waals surface area contributed by atoms with Gasteiger partial charge in [0.25, 0.3) is 0 Å². The maximum atomic E-state index is 11.8. The fourth-order valence-corrected chi connectivity index (χ4v) is 3.00. The normalized spacial score (nSPS) is 29.8. The molecule has 1 aliphatic carbocycles. The lowest BCUT2D eigenvalue weighted by Gasteiger charge is -2.16. The van der Waals surface area contributed by atoms with Gasteiger partial charge in [-0.15, -0.1) is 0 Å². The van der Waals surface area contributed by atoms with Crippen LogP contribution in [-0.4, -0.2) is 55.2 Å². The summed E-state index contributed by atoms with van der Waals surface area (Å²) < 4.78 is 5.45. The lowest BCUT2D eigenvalue weighted by molar-refractivity contribution is -0.128. The molecule has 6 nitrogen and oxygen atoms in total. The summed E-state index contributed by atoms with van der Waals surface area (Å²) in [6, 6.07) is 0.332. The van der Waals surface area contributed by atoms with Gasteiger partial charge in [-0.3, -0.25) is 4.79 Å². The summed E-state index contributed by atoms with van der Waals surface area (Å²) in [6.07, 6.45) is 5.13. The molecule has 3 aliphatic rings. The highest BCUT2D eigenvalue weighted by atomic mass is 16.5. The van der Waals surface area contributed by atoms with E-state index in [2.05, 4.69) is 10.6 Å². The third-order valence-electron chi connectivity index (χ3n) is 4.29. The number of ether oxygens (including phenoxy) is 1. The number of carbonyl (C=O) groups is 2. The average molecular weight is 281 g/mol. The predicted octanol–water partition coefficient (Wildman–Crippen LogP) is 0.475. The zero-order valence-corrected chi connectivity index (χ0v) is 11.8. The number of hydrogen-bond donors (Lipinski definition) is 2. The Labute approximate surface area is 119 Å². The van der Waals surface area contributed by atoms with E-state index in [1.165, 1.54) is 0 Å². The van der Waals surface area contributed by atoms with E-state index in [9.17, 15) is 9.59 Å². The summed E-state index contributed by atoms with van der Waals surface area (Å²) in [4.78, 5) is 25.5. The first-order chi connectivity index (χ1) is 9.72. The van der Waals surface area contributed by atoms with E-state index in [1.807, 2.05) is 4.90 Å². The van der Waals surface area contributed by atoms with E-state index in [0.717, 1.165) is 38.8 Å². The third kappa shape index (κ3) is 3.42. The standard InChI is InChI=1S/C14H23N3O3/c18-13-6-10(9-17(13)11-3-4-11)7-15-14(19)16-8-12-2-1-5-20-12/h10-12H,1-9H2,(H2,15,16,19)/t10?,12-/m1/s1. The summed E-state index contributed by atoms with van der Waals surface area (Å²) >= 11 is 0. The molecule has 0 spiro atoms. The van der Waals surface area contributed by atoms with Gasteiger partial charge in [-0.25, -0.2) is 4.79 Å². The van der Waals surface area contributed by atoms with Crippen LogP contribution in [0.25, 0.3) is 0 Å². The maximum absolute atomic E-state index is 11.8. The molecule has 0 bridgehead atoms. The first-order valence-corrected chi connectivity index (χ1v) is 7.65. The lowest BCUT2D eigenvalue weighted by Crippen LogP contribution is -2.41. The molecule has 2 saturated heterocycles. The molecule has 2 heterocycles. The number of rotatable bonds is 5. The molecule has 6 heteroatoms. The summed E-state index contributed by atoms with van der Waals surface area (Å²) in [5.74, 6) is 0.510. The van der Waals surface area contributed by atoms with E-state index < -0.39 is 0 Å². The lowest BCUT2D eigenvalue weighted by atomic mass is 10.1. The van der Waals surface area contributed by atoms with Crippen molar-refractivity contribution in [3.8, 4) is 0 Å². The van der Waals surface area contributed by atoms with Gasteiger partial charge in [-0.2, -0.15) is 0 Å². The van der Waals surface area contributed by atoms with Crippen molar-refractivity contribution < 1.29 is 14.3 Å². The van der Waals surface area contributed by atoms with Crippen LogP contribution in [-0.2, 0) is 9.53 Å². The number of hydrogen-bond acceptors (Lipinski definition) is 3. The van der Waals surface area contributed by atoms with Gasteiger partial charge < -0.3 is 20.3 Å². The second-order valence-electron chi connectivity index (χ2n) is 6.07. The number of amides is 3. The van der Waals surface area contributed by atoms with Gasteiger partial charge in [0.05, 0.1) is 6.10 Å². The Morgan fingerprint density at radius 2 is 2.05 bits per heavy atom. The number of carbonyl (C=O) groups excluding carboxylic acids is 2. The summed E-state index contributed by atoms with van der Waals surface area (Å²) in [5, 5.41) is 5.70. The minimum Gasteiger partial charge on any atom is -0.376 e. The Bertz CT molecular complexity index is 378. The molecule has 1 unspecified atom stereocenters. The van der Waals surface area contributed by atoms with Crippen LogP contribution in [0.5, 0.6) is 0 Å². The first-order valence-electron chi connectivity index (χ1n) is 7.65. The third-order valence-corrected chi connectivity index (χ3v) is 4.29. The fraction of sp³-hybridized carbons (Fsp3) is 0.857. The molecular formula is C14H23N3O3. The van der Waals surface area contributed by atoms with Crippen LogP contribution >= 0.6 is 0 Å². The highest BCUT2D eigenvalue weighted by Gasteiger charge is 2.39. The number of urea groups is 1. The fourth-order valence-electron chi connectivity index (χ4n) is 3.00. The van der Waals surface area contributed by atoms with E-state index >= 15 is 0 Å². The van der Waals surface area contributed by atoms with Gasteiger partial charge in [0.15, 0.2) is 0 Å². The predicted molar refractivity (Wildman–Crippen MR) is 73.2 cm³/mol. The SMILES string of the molecule is O=C(NCC1CC(=O)N(C2CC2)C1)NC[C@H]1CCCO1. The smallest absolute Gasteiger partial charge is 0.314 e. The number of nitrogens with one attached hydrogen (secondary N) is 2. The highest BCUT2D eigenvalue weighted by Crippen LogP contribution is 2.32. The van der Waals surface area contributed by atoms with Crippen LogP contribution in [0, 0.1) is 5.92 Å². The van der Waals surface area contributed by atoms with E-state index in [-0.39, 0.29) is 24.0 Å². The monoisotopic (exact) mass is 281 g/mol. The molecule has 2 N–H and O–H groups in total. The van der Waals surface area contributed by atoms with Gasteiger partial charge in [0, 0.05) is 44.6 Å². The first kappa shape index (κ1) is 13.7. The molecule has 0 radical (unpaired) electrons. The Kier molecular flexibility index (Phi) is 4.10. The molecule has 3 amide bonds. The molecule has 20 heavy (non-hydrogen) atoms. The van der Waals surface area contributed by atoms with Crippen molar-refractivity contribution in [1.29, 1.82) is 0 Å². The van der Waals surface area contributed by atoms with E-state index in [4.69, 9.17) is 4.74 Å². The summed E-state index contributed by atoms with van der Waals surface area (Å²) in [7, 11) is 0. The molecule has 112 valence electrons. The largest absolute Gasteiger partial charge is 0.376 e. The Balaban J connectivity index is 1.32. The second-order valence-corrected chi connectivity index (χ2v) is 6.07. The topological polar surface area (TPSA) is 70.7 Å². The summed E-state index contributed by atoms with van der Waals surface area (Å²) in [6.45, 7) is 2.75. The molecule has 3 fully saturated rings. The van der Waals surface area contributed by atoms with Gasteiger partial charge in [-0.1, -0.05) is 0 Å². The van der Waals surface area contributed by atoms with Crippen LogP contribution in [0.1, 0.15) is 32.1 Å². The number of nitrogens with zero attached hydrogens (tertiary/aromatic N) is 1. The zero-order valence-electron chi connectivity index (χ0n) is 11.8. The average Bonchev–Trinajstić information content (AvgIpc) is 3.00. The van der Waals surface area contributed by atoms with E-state index in [0.29, 0.717) is 25.6 Å². The van der Waals surface area contributed by atoms with Gasteiger partial charge >= 0.3 is 6.03 Å². The quantitative estimate of drug-likeness (QED) is 0.770. The van der Waals surface area contributed by atoms with Crippen LogP contribution in [0.3, 0.4) is 0 Å². The maximum Gasteiger partial charge on any atom is 0.314 e. The molecule has 1 saturated carbocycles. The molecular weight excluding hydrogens is 258 g/mol.